The van der Waals surface area contributed by atoms with Crippen molar-refractivity contribution in [1.29, 1.82) is 0 Å². The Hall–Kier alpha value is -2.99. The Morgan fingerprint density at radius 1 is 0.833 bits per heavy atom. The molecular weight excluding hydrogens is 437 g/mol. The number of ether oxygens (including phenoxy) is 2. The number of esters is 1. The second-order valence-electron chi connectivity index (χ2n) is 5.72. The van der Waals surface area contributed by atoms with Gasteiger partial charge >= 0.3 is 29.9 Å². The van der Waals surface area contributed by atoms with E-state index in [1.807, 2.05) is 0 Å². The third kappa shape index (κ3) is 4.00. The topological polar surface area (TPSA) is 48.4 Å². The van der Waals surface area contributed by atoms with E-state index in [0.717, 1.165) is 13.3 Å². The molecule has 0 amide bonds. The molecule has 30 heavy (non-hydrogen) atoms. The molecule has 164 valence electrons. The Labute approximate surface area is 162 Å². The fourth-order valence-corrected chi connectivity index (χ4v) is 2.09. The van der Waals surface area contributed by atoms with E-state index in [-0.39, 0.29) is 29.3 Å². The first-order chi connectivity index (χ1) is 13.6. The zero-order valence-electron chi connectivity index (χ0n) is 14.6. The summed E-state index contributed by atoms with van der Waals surface area (Å²) < 4.78 is 126. The molecule has 0 unspecified atom stereocenters. The summed E-state index contributed by atoms with van der Waals surface area (Å²) in [7, 11) is 1.12. The minimum absolute atomic E-state index is 0.0488. The summed E-state index contributed by atoms with van der Waals surface area (Å²) in [6, 6.07) is 4.10. The summed E-state index contributed by atoms with van der Waals surface area (Å²) in [6.07, 6.45) is -5.85. The van der Waals surface area contributed by atoms with E-state index in [1.165, 1.54) is 12.1 Å². The SMILES string of the molecule is COC(=O)c1ccc(Oc2ccc(C(F)(F)C(F)(F)C(F)(F)C(F)(F)F)cc2)nc1. The van der Waals surface area contributed by atoms with Gasteiger partial charge in [0.15, 0.2) is 0 Å². The second-order valence-corrected chi connectivity index (χ2v) is 5.72. The minimum Gasteiger partial charge on any atom is -0.465 e. The third-order valence-electron chi connectivity index (χ3n) is 3.74. The molecule has 0 aliphatic carbocycles. The number of carbonyl (C=O) groups excluding carboxylic acids is 1. The highest BCUT2D eigenvalue weighted by Crippen LogP contribution is 2.56. The van der Waals surface area contributed by atoms with Crippen LogP contribution in [0.4, 0.5) is 39.5 Å². The van der Waals surface area contributed by atoms with Crippen LogP contribution in [0.25, 0.3) is 0 Å². The zero-order valence-corrected chi connectivity index (χ0v) is 14.6. The lowest BCUT2D eigenvalue weighted by Crippen LogP contribution is -2.59. The Morgan fingerprint density at radius 3 is 1.83 bits per heavy atom. The molecule has 1 aromatic heterocycles. The molecule has 2 aromatic rings. The number of methoxy groups -OCH3 is 1. The zero-order chi connectivity index (χ0) is 23.0. The number of carbonyl (C=O) groups is 1. The number of hydrogen-bond acceptors (Lipinski definition) is 4. The van der Waals surface area contributed by atoms with Crippen LogP contribution in [0.1, 0.15) is 15.9 Å². The molecule has 0 bridgehead atoms. The number of halogens is 9. The maximum absolute atomic E-state index is 13.8. The lowest BCUT2D eigenvalue weighted by atomic mass is 9.97. The molecular formula is C17H10F9NO3. The van der Waals surface area contributed by atoms with Gasteiger partial charge in [-0.15, -0.1) is 0 Å². The van der Waals surface area contributed by atoms with Crippen LogP contribution < -0.4 is 4.74 Å². The molecule has 0 saturated carbocycles. The molecule has 0 spiro atoms. The highest BCUT2D eigenvalue weighted by atomic mass is 19.4. The fourth-order valence-electron chi connectivity index (χ4n) is 2.09. The fraction of sp³-hybridized carbons (Fsp3) is 0.294. The Balaban J connectivity index is 2.25. The van der Waals surface area contributed by atoms with Crippen LogP contribution in [0, 0.1) is 0 Å². The van der Waals surface area contributed by atoms with Crippen molar-refractivity contribution in [3.63, 3.8) is 0 Å². The van der Waals surface area contributed by atoms with E-state index in [9.17, 15) is 44.3 Å². The largest absolute Gasteiger partial charge is 0.465 e. The van der Waals surface area contributed by atoms with Gasteiger partial charge in [0.25, 0.3) is 0 Å². The van der Waals surface area contributed by atoms with Crippen molar-refractivity contribution in [2.24, 2.45) is 0 Å². The van der Waals surface area contributed by atoms with Gasteiger partial charge in [-0.25, -0.2) is 9.78 Å². The van der Waals surface area contributed by atoms with Gasteiger partial charge < -0.3 is 9.47 Å². The van der Waals surface area contributed by atoms with Gasteiger partial charge in [-0.3, -0.25) is 0 Å². The van der Waals surface area contributed by atoms with Crippen LogP contribution in [-0.2, 0) is 10.7 Å². The van der Waals surface area contributed by atoms with Gasteiger partial charge in [0.1, 0.15) is 5.75 Å². The van der Waals surface area contributed by atoms with Crippen molar-refractivity contribution in [1.82, 2.24) is 4.98 Å². The summed E-state index contributed by atoms with van der Waals surface area (Å²) in [5.74, 6) is -20.8. The maximum Gasteiger partial charge on any atom is 0.460 e. The van der Waals surface area contributed by atoms with Crippen molar-refractivity contribution >= 4 is 5.97 Å². The molecule has 0 fully saturated rings. The Bertz CT molecular complexity index is 894. The average molecular weight is 447 g/mol. The molecule has 0 aliphatic rings. The molecule has 0 aliphatic heterocycles. The summed E-state index contributed by atoms with van der Waals surface area (Å²) >= 11 is 0. The molecule has 1 aromatic carbocycles. The lowest BCUT2D eigenvalue weighted by Gasteiger charge is -2.33. The van der Waals surface area contributed by atoms with Crippen molar-refractivity contribution in [2.75, 3.05) is 7.11 Å². The number of nitrogens with zero attached hydrogens (tertiary/aromatic N) is 1. The van der Waals surface area contributed by atoms with E-state index in [2.05, 4.69) is 9.72 Å². The number of benzene rings is 1. The monoisotopic (exact) mass is 447 g/mol. The predicted octanol–water partition coefficient (Wildman–Crippen LogP) is 5.59. The van der Waals surface area contributed by atoms with E-state index in [4.69, 9.17) is 4.74 Å². The third-order valence-corrected chi connectivity index (χ3v) is 3.74. The summed E-state index contributed by atoms with van der Waals surface area (Å²) in [6.45, 7) is 0. The lowest BCUT2D eigenvalue weighted by molar-refractivity contribution is -0.399. The highest BCUT2D eigenvalue weighted by molar-refractivity contribution is 5.88. The van der Waals surface area contributed by atoms with Crippen LogP contribution in [-0.4, -0.2) is 36.1 Å². The van der Waals surface area contributed by atoms with Crippen LogP contribution in [0.3, 0.4) is 0 Å². The van der Waals surface area contributed by atoms with Gasteiger partial charge in [0.2, 0.25) is 5.88 Å². The number of rotatable bonds is 6. The summed E-state index contributed by atoms with van der Waals surface area (Å²) in [5, 5.41) is 0. The van der Waals surface area contributed by atoms with E-state index in [0.29, 0.717) is 12.1 Å². The number of hydrogen-bond donors (Lipinski definition) is 0. The van der Waals surface area contributed by atoms with Gasteiger partial charge in [-0.1, -0.05) is 0 Å². The maximum atomic E-state index is 13.8. The van der Waals surface area contributed by atoms with Crippen LogP contribution in [0.15, 0.2) is 42.6 Å². The Morgan fingerprint density at radius 2 is 1.40 bits per heavy atom. The highest BCUT2D eigenvalue weighted by Gasteiger charge is 2.81. The second kappa shape index (κ2) is 7.69. The molecule has 0 atom stereocenters. The van der Waals surface area contributed by atoms with Crippen LogP contribution in [0.2, 0.25) is 0 Å². The van der Waals surface area contributed by atoms with Crippen LogP contribution in [0.5, 0.6) is 11.6 Å². The number of aromatic nitrogens is 1. The van der Waals surface area contributed by atoms with Crippen molar-refractivity contribution in [3.8, 4) is 11.6 Å². The standard InChI is InChI=1S/C17H10F9NO3/c1-29-13(28)9-2-7-12(27-8-9)30-11-5-3-10(4-6-11)14(18,19)15(20,21)16(22,23)17(24,25)26/h2-8H,1H3. The first-order valence-electron chi connectivity index (χ1n) is 7.68. The van der Waals surface area contributed by atoms with Gasteiger partial charge in [-0.05, 0) is 30.3 Å². The normalized spacial score (nSPS) is 13.1. The average Bonchev–Trinajstić information content (AvgIpc) is 2.67. The molecule has 2 rings (SSSR count). The first-order valence-corrected chi connectivity index (χ1v) is 7.68. The minimum atomic E-state index is -6.98. The Kier molecular flexibility index (Phi) is 5.97. The molecule has 1 heterocycles. The molecule has 0 saturated heterocycles. The predicted molar refractivity (Wildman–Crippen MR) is 81.9 cm³/mol. The van der Waals surface area contributed by atoms with Gasteiger partial charge in [0.05, 0.1) is 12.7 Å². The molecule has 0 radical (unpaired) electrons. The summed E-state index contributed by atoms with van der Waals surface area (Å²) in [4.78, 5) is 15.0. The van der Waals surface area contributed by atoms with Crippen molar-refractivity contribution < 1.29 is 53.8 Å². The van der Waals surface area contributed by atoms with E-state index in [1.54, 1.807) is 0 Å². The number of pyridine rings is 1. The van der Waals surface area contributed by atoms with E-state index >= 15 is 0 Å². The summed E-state index contributed by atoms with van der Waals surface area (Å²) in [5.41, 5.74) is -1.74. The van der Waals surface area contributed by atoms with Gasteiger partial charge in [-0.2, -0.15) is 39.5 Å². The van der Waals surface area contributed by atoms with Crippen molar-refractivity contribution in [3.05, 3.63) is 53.7 Å². The quantitative estimate of drug-likeness (QED) is 0.428. The first kappa shape index (κ1) is 23.3. The van der Waals surface area contributed by atoms with Crippen molar-refractivity contribution in [2.45, 2.75) is 23.9 Å². The van der Waals surface area contributed by atoms with Crippen LogP contribution >= 0.6 is 0 Å². The molecule has 4 nitrogen and oxygen atoms in total. The number of alkyl halides is 9. The molecule has 13 heteroatoms. The van der Waals surface area contributed by atoms with E-state index < -0.39 is 35.5 Å². The van der Waals surface area contributed by atoms with Gasteiger partial charge in [0, 0.05) is 17.8 Å². The molecule has 0 N–H and O–H groups in total. The smallest absolute Gasteiger partial charge is 0.460 e.